The molecule has 3 unspecified atom stereocenters. The van der Waals surface area contributed by atoms with E-state index in [9.17, 15) is 61.9 Å². The van der Waals surface area contributed by atoms with Crippen LogP contribution in [0.1, 0.15) is 33.1 Å². The van der Waals surface area contributed by atoms with Gasteiger partial charge in [0.25, 0.3) is 0 Å². The number of esters is 1. The summed E-state index contributed by atoms with van der Waals surface area (Å²) in [7, 11) is 0. The SMILES string of the molecule is C=C(C)C(=O)OC1CC2CCC1O2.CC(F)(F)C(F)(F)C(F)(F)C(F)(F)C(F)(F)C(F)(F)F. The summed E-state index contributed by atoms with van der Waals surface area (Å²) in [6.45, 7) is 4.17. The monoisotopic (exact) mass is 516 g/mol. The molecule has 2 saturated heterocycles. The highest BCUT2D eigenvalue weighted by molar-refractivity contribution is 5.87. The van der Waals surface area contributed by atoms with Gasteiger partial charge in [0.15, 0.2) is 0 Å². The molecule has 3 atom stereocenters. The van der Waals surface area contributed by atoms with Gasteiger partial charge in [-0.05, 0) is 19.8 Å². The molecule has 0 N–H and O–H groups in total. The van der Waals surface area contributed by atoms with Crippen LogP contribution in [-0.2, 0) is 14.3 Å². The Balaban J connectivity index is 0.000000357. The average molecular weight is 516 g/mol. The van der Waals surface area contributed by atoms with Gasteiger partial charge in [-0.25, -0.2) is 4.79 Å². The first-order chi connectivity index (χ1) is 14.4. The topological polar surface area (TPSA) is 35.5 Å². The number of fused-ring (bicyclic) bond motifs is 2. The Hall–Kier alpha value is -1.74. The second-order valence-electron chi connectivity index (χ2n) is 7.52. The van der Waals surface area contributed by atoms with Crippen molar-refractivity contribution in [3.63, 3.8) is 0 Å². The highest BCUT2D eigenvalue weighted by atomic mass is 19.4. The summed E-state index contributed by atoms with van der Waals surface area (Å²) < 4.78 is 169. The van der Waals surface area contributed by atoms with Crippen LogP contribution < -0.4 is 0 Å². The number of carbonyl (C=O) groups is 1. The molecule has 0 aromatic rings. The van der Waals surface area contributed by atoms with Crippen molar-refractivity contribution in [2.24, 2.45) is 0 Å². The molecule has 16 heteroatoms. The first-order valence-corrected chi connectivity index (χ1v) is 8.89. The second kappa shape index (κ2) is 8.80. The summed E-state index contributed by atoms with van der Waals surface area (Å²) in [4.78, 5) is 11.2. The van der Waals surface area contributed by atoms with Crippen LogP contribution in [0.4, 0.5) is 57.1 Å². The molecule has 2 aliphatic heterocycles. The Morgan fingerprint density at radius 2 is 1.27 bits per heavy atom. The zero-order chi connectivity index (χ0) is 26.4. The van der Waals surface area contributed by atoms with Crippen LogP contribution in [0.15, 0.2) is 12.2 Å². The van der Waals surface area contributed by atoms with Gasteiger partial charge in [-0.3, -0.25) is 0 Å². The third-order valence-electron chi connectivity index (χ3n) is 4.75. The normalized spacial score (nSPS) is 24.3. The van der Waals surface area contributed by atoms with E-state index in [1.54, 1.807) is 6.92 Å². The van der Waals surface area contributed by atoms with Crippen LogP contribution in [0.5, 0.6) is 0 Å². The van der Waals surface area contributed by atoms with Gasteiger partial charge in [0, 0.05) is 18.9 Å². The molecule has 0 radical (unpaired) electrons. The number of hydrogen-bond acceptors (Lipinski definition) is 3. The number of rotatable bonds is 6. The van der Waals surface area contributed by atoms with Gasteiger partial charge in [0.05, 0.1) is 12.2 Å². The van der Waals surface area contributed by atoms with E-state index >= 15 is 0 Å². The van der Waals surface area contributed by atoms with Crippen molar-refractivity contribution in [1.29, 1.82) is 0 Å². The second-order valence-corrected chi connectivity index (χ2v) is 7.52. The van der Waals surface area contributed by atoms with Crippen LogP contribution in [0.3, 0.4) is 0 Å². The maximum Gasteiger partial charge on any atom is 0.460 e. The van der Waals surface area contributed by atoms with Gasteiger partial charge < -0.3 is 9.47 Å². The highest BCUT2D eigenvalue weighted by Crippen LogP contribution is 2.60. The van der Waals surface area contributed by atoms with Crippen LogP contribution in [0.2, 0.25) is 0 Å². The molecular weight excluding hydrogens is 499 g/mol. The van der Waals surface area contributed by atoms with E-state index in [1.165, 1.54) is 0 Å². The van der Waals surface area contributed by atoms with Crippen LogP contribution in [0, 0.1) is 0 Å². The maximum absolute atomic E-state index is 12.5. The van der Waals surface area contributed by atoms with E-state index in [0.717, 1.165) is 19.3 Å². The number of hydrogen-bond donors (Lipinski definition) is 0. The minimum atomic E-state index is -7.80. The third kappa shape index (κ3) is 5.19. The maximum atomic E-state index is 12.5. The van der Waals surface area contributed by atoms with E-state index in [0.29, 0.717) is 11.7 Å². The molecule has 2 rings (SSSR count). The summed E-state index contributed by atoms with van der Waals surface area (Å²) in [5, 5.41) is 0. The molecule has 33 heavy (non-hydrogen) atoms. The lowest BCUT2D eigenvalue weighted by Gasteiger charge is -2.38. The molecule has 2 fully saturated rings. The molecule has 2 aliphatic rings. The summed E-state index contributed by atoms with van der Waals surface area (Å²) >= 11 is 0. The Bertz CT molecular complexity index is 703. The quantitative estimate of drug-likeness (QED) is 0.241. The number of halogens is 13. The van der Waals surface area contributed by atoms with Crippen molar-refractivity contribution in [3.05, 3.63) is 12.2 Å². The van der Waals surface area contributed by atoms with Gasteiger partial charge in [-0.15, -0.1) is 0 Å². The number of ether oxygens (including phenoxy) is 2. The zero-order valence-electron chi connectivity index (χ0n) is 16.7. The zero-order valence-corrected chi connectivity index (χ0v) is 16.7. The highest BCUT2D eigenvalue weighted by Gasteiger charge is 2.90. The summed E-state index contributed by atoms with van der Waals surface area (Å²) in [6, 6.07) is 0. The van der Waals surface area contributed by atoms with Gasteiger partial charge in [0.2, 0.25) is 0 Å². The van der Waals surface area contributed by atoms with Crippen molar-refractivity contribution in [2.45, 2.75) is 87.2 Å². The molecule has 0 saturated carbocycles. The van der Waals surface area contributed by atoms with Crippen LogP contribution in [-0.4, -0.2) is 60.1 Å². The van der Waals surface area contributed by atoms with E-state index < -0.39 is 42.7 Å². The van der Waals surface area contributed by atoms with Gasteiger partial charge in [0.1, 0.15) is 6.10 Å². The van der Waals surface area contributed by atoms with E-state index in [1.807, 2.05) is 0 Å². The Morgan fingerprint density at radius 1 is 0.818 bits per heavy atom. The molecule has 0 amide bonds. The molecule has 0 aliphatic carbocycles. The molecule has 0 aromatic carbocycles. The van der Waals surface area contributed by atoms with Crippen molar-refractivity contribution in [2.75, 3.05) is 0 Å². The molecule has 194 valence electrons. The smallest absolute Gasteiger partial charge is 0.456 e. The summed E-state index contributed by atoms with van der Waals surface area (Å²) in [5.74, 6) is -36.6. The Morgan fingerprint density at radius 3 is 1.58 bits per heavy atom. The third-order valence-corrected chi connectivity index (χ3v) is 4.75. The molecule has 0 aromatic heterocycles. The first-order valence-electron chi connectivity index (χ1n) is 8.89. The van der Waals surface area contributed by atoms with Crippen molar-refractivity contribution in [3.8, 4) is 0 Å². The molecule has 0 spiro atoms. The van der Waals surface area contributed by atoms with Crippen LogP contribution in [0.25, 0.3) is 0 Å². The van der Waals surface area contributed by atoms with Crippen LogP contribution >= 0.6 is 0 Å². The molecular formula is C17H17F13O3. The predicted octanol–water partition coefficient (Wildman–Crippen LogP) is 6.17. The van der Waals surface area contributed by atoms with Crippen molar-refractivity contribution >= 4 is 5.97 Å². The fraction of sp³-hybridized carbons (Fsp3) is 0.824. The van der Waals surface area contributed by atoms with Gasteiger partial charge in [-0.2, -0.15) is 57.1 Å². The van der Waals surface area contributed by atoms with Crippen molar-refractivity contribution < 1.29 is 71.3 Å². The fourth-order valence-electron chi connectivity index (χ4n) is 2.80. The number of carbonyl (C=O) groups excluding carboxylic acids is 1. The fourth-order valence-corrected chi connectivity index (χ4v) is 2.80. The summed E-state index contributed by atoms with van der Waals surface area (Å²) in [5.41, 5.74) is 0.461. The largest absolute Gasteiger partial charge is 0.460 e. The van der Waals surface area contributed by atoms with Gasteiger partial charge >= 0.3 is 41.8 Å². The molecule has 3 nitrogen and oxygen atoms in total. The van der Waals surface area contributed by atoms with E-state index in [-0.39, 0.29) is 18.2 Å². The average Bonchev–Trinajstić information content (AvgIpc) is 3.22. The van der Waals surface area contributed by atoms with Gasteiger partial charge in [-0.1, -0.05) is 6.58 Å². The minimum absolute atomic E-state index is 0.0250. The lowest BCUT2D eigenvalue weighted by atomic mass is 9.95. The van der Waals surface area contributed by atoms with Crippen molar-refractivity contribution in [1.82, 2.24) is 0 Å². The molecule has 2 heterocycles. The lowest BCUT2D eigenvalue weighted by Crippen LogP contribution is -2.69. The molecule has 2 bridgehead atoms. The van der Waals surface area contributed by atoms with E-state index in [4.69, 9.17) is 9.47 Å². The first kappa shape index (κ1) is 29.3. The Labute approximate surface area is 177 Å². The predicted molar refractivity (Wildman–Crippen MR) is 83.7 cm³/mol. The standard InChI is InChI=1S/C10H14O3.C7H3F13/c1-6(2)10(11)13-9-5-7-3-4-8(9)12-7;1-2(8,9)3(10,11)4(12,13)5(14,15)6(16,17)7(18,19)20/h7-9H,1,3-5H2,2H3;1H3. The Kier molecular flexibility index (Phi) is 7.81. The number of alkyl halides is 13. The van der Waals surface area contributed by atoms with E-state index in [2.05, 4.69) is 6.58 Å². The summed E-state index contributed by atoms with van der Waals surface area (Å²) in [6.07, 6.45) is -3.91. The minimum Gasteiger partial charge on any atom is -0.456 e. The lowest BCUT2D eigenvalue weighted by molar-refractivity contribution is -0.438.